The highest BCUT2D eigenvalue weighted by Crippen LogP contribution is 2.15. The Labute approximate surface area is 145 Å². The molecule has 3 rings (SSSR count). The Morgan fingerprint density at radius 3 is 2.87 bits per heavy atom. The second kappa shape index (κ2) is 6.86. The molecule has 0 saturated heterocycles. The van der Waals surface area contributed by atoms with Crippen LogP contribution in [-0.4, -0.2) is 20.7 Å². The fourth-order valence-corrected chi connectivity index (χ4v) is 2.75. The van der Waals surface area contributed by atoms with E-state index < -0.39 is 0 Å². The second-order valence-electron chi connectivity index (χ2n) is 4.80. The van der Waals surface area contributed by atoms with Crippen molar-refractivity contribution < 1.29 is 9.18 Å². The van der Waals surface area contributed by atoms with Crippen LogP contribution in [0.2, 0.25) is 0 Å². The molecule has 0 bridgehead atoms. The van der Waals surface area contributed by atoms with Crippen LogP contribution in [0, 0.1) is 9.39 Å². The van der Waals surface area contributed by atoms with Crippen LogP contribution in [0.15, 0.2) is 54.9 Å². The number of hydrogen-bond donors (Lipinski definition) is 1. The minimum absolute atomic E-state index is 0.322. The molecule has 1 aromatic carbocycles. The third kappa shape index (κ3) is 3.92. The number of carbonyl (C=O) groups is 1. The molecule has 0 fully saturated rings. The molecule has 0 saturated carbocycles. The molecule has 0 aliphatic heterocycles. The molecule has 2 heterocycles. The lowest BCUT2D eigenvalue weighted by Gasteiger charge is -2.05. The summed E-state index contributed by atoms with van der Waals surface area (Å²) in [6, 6.07) is 11.4. The molecule has 116 valence electrons. The molecule has 0 radical (unpaired) electrons. The van der Waals surface area contributed by atoms with Crippen LogP contribution in [0.1, 0.15) is 16.1 Å². The predicted octanol–water partition coefficient (Wildman–Crippen LogP) is 3.32. The van der Waals surface area contributed by atoms with E-state index in [9.17, 15) is 9.18 Å². The Hall–Kier alpha value is -2.29. The van der Waals surface area contributed by atoms with Gasteiger partial charge < -0.3 is 5.32 Å². The van der Waals surface area contributed by atoms with Crippen molar-refractivity contribution in [2.75, 3.05) is 5.32 Å². The summed E-state index contributed by atoms with van der Waals surface area (Å²) < 4.78 is 15.3. The zero-order valence-electron chi connectivity index (χ0n) is 11.9. The monoisotopic (exact) mass is 422 g/mol. The van der Waals surface area contributed by atoms with Gasteiger partial charge in [0, 0.05) is 22.0 Å². The molecule has 0 aliphatic carbocycles. The zero-order chi connectivity index (χ0) is 16.2. The van der Waals surface area contributed by atoms with Gasteiger partial charge in [0.25, 0.3) is 5.91 Å². The topological polar surface area (TPSA) is 59.8 Å². The van der Waals surface area contributed by atoms with Crippen LogP contribution in [0.3, 0.4) is 0 Å². The van der Waals surface area contributed by atoms with Gasteiger partial charge in [-0.1, -0.05) is 6.07 Å². The fraction of sp³-hybridized carbons (Fsp3) is 0.0625. The van der Waals surface area contributed by atoms with Crippen molar-refractivity contribution in [3.05, 3.63) is 75.5 Å². The van der Waals surface area contributed by atoms with Gasteiger partial charge >= 0.3 is 0 Å². The molecule has 0 unspecified atom stereocenters. The summed E-state index contributed by atoms with van der Waals surface area (Å²) in [6.45, 7) is 0.519. The fourth-order valence-electron chi connectivity index (χ4n) is 2.03. The van der Waals surface area contributed by atoms with Crippen LogP contribution < -0.4 is 5.32 Å². The molecular weight excluding hydrogens is 410 g/mol. The summed E-state index contributed by atoms with van der Waals surface area (Å²) in [5.74, 6) is -0.255. The SMILES string of the molecule is O=C(Nc1ccn(Cc2ccccn2)n1)c1ccc(F)cc1I. The largest absolute Gasteiger partial charge is 0.305 e. The number of nitrogens with zero attached hydrogens (tertiary/aromatic N) is 3. The summed E-state index contributed by atoms with van der Waals surface area (Å²) in [7, 11) is 0. The number of nitrogens with one attached hydrogen (secondary N) is 1. The lowest BCUT2D eigenvalue weighted by molar-refractivity contribution is 0.102. The van der Waals surface area contributed by atoms with Crippen LogP contribution >= 0.6 is 22.6 Å². The van der Waals surface area contributed by atoms with Gasteiger partial charge in [-0.25, -0.2) is 4.39 Å². The Bertz CT molecular complexity index is 835. The number of carbonyl (C=O) groups excluding carboxylic acids is 1. The number of halogens is 2. The quantitative estimate of drug-likeness (QED) is 0.657. The van der Waals surface area contributed by atoms with Crippen LogP contribution in [0.25, 0.3) is 0 Å². The summed E-state index contributed by atoms with van der Waals surface area (Å²) in [6.07, 6.45) is 3.48. The molecule has 0 aliphatic rings. The van der Waals surface area contributed by atoms with Gasteiger partial charge in [0.1, 0.15) is 5.82 Å². The van der Waals surface area contributed by atoms with Gasteiger partial charge in [-0.2, -0.15) is 5.10 Å². The molecular formula is C16H12FIN4O. The van der Waals surface area contributed by atoms with Crippen LogP contribution in [0.4, 0.5) is 10.2 Å². The first-order chi connectivity index (χ1) is 11.1. The van der Waals surface area contributed by atoms with Crippen molar-refractivity contribution in [2.45, 2.75) is 6.54 Å². The van der Waals surface area contributed by atoms with Gasteiger partial charge in [0.15, 0.2) is 5.82 Å². The summed E-state index contributed by atoms with van der Waals surface area (Å²) >= 11 is 1.93. The minimum atomic E-state index is -0.370. The first-order valence-corrected chi connectivity index (χ1v) is 7.89. The molecule has 1 N–H and O–H groups in total. The molecule has 7 heteroatoms. The zero-order valence-corrected chi connectivity index (χ0v) is 14.1. The Balaban J connectivity index is 1.70. The van der Waals surface area contributed by atoms with Crippen molar-refractivity contribution in [3.8, 4) is 0 Å². The smallest absolute Gasteiger partial charge is 0.257 e. The molecule has 1 amide bonds. The third-order valence-corrected chi connectivity index (χ3v) is 4.00. The highest BCUT2D eigenvalue weighted by Gasteiger charge is 2.12. The average Bonchev–Trinajstić information content (AvgIpc) is 2.95. The Morgan fingerprint density at radius 2 is 2.13 bits per heavy atom. The number of anilines is 1. The molecule has 0 spiro atoms. The number of amides is 1. The van der Waals surface area contributed by atoms with Crippen LogP contribution in [-0.2, 0) is 6.54 Å². The third-order valence-electron chi connectivity index (χ3n) is 3.11. The van der Waals surface area contributed by atoms with E-state index in [-0.39, 0.29) is 11.7 Å². The van der Waals surface area contributed by atoms with E-state index in [2.05, 4.69) is 15.4 Å². The summed E-state index contributed by atoms with van der Waals surface area (Å²) in [5, 5.41) is 6.99. The highest BCUT2D eigenvalue weighted by atomic mass is 127. The molecule has 0 atom stereocenters. The van der Waals surface area contributed by atoms with Gasteiger partial charge in [0.2, 0.25) is 0 Å². The van der Waals surface area contributed by atoms with Crippen molar-refractivity contribution >= 4 is 34.3 Å². The number of benzene rings is 1. The lowest BCUT2D eigenvalue weighted by Crippen LogP contribution is -2.14. The van der Waals surface area contributed by atoms with Gasteiger partial charge in [-0.05, 0) is 52.9 Å². The van der Waals surface area contributed by atoms with E-state index in [1.165, 1.54) is 18.2 Å². The van der Waals surface area contributed by atoms with E-state index >= 15 is 0 Å². The van der Waals surface area contributed by atoms with Crippen molar-refractivity contribution in [2.24, 2.45) is 0 Å². The van der Waals surface area contributed by atoms with Gasteiger partial charge in [-0.3, -0.25) is 14.5 Å². The maximum atomic E-state index is 13.1. The first kappa shape index (κ1) is 15.6. The number of aromatic nitrogens is 3. The lowest BCUT2D eigenvalue weighted by atomic mass is 10.2. The van der Waals surface area contributed by atoms with Gasteiger partial charge in [-0.15, -0.1) is 0 Å². The van der Waals surface area contributed by atoms with E-state index in [1.54, 1.807) is 23.1 Å². The van der Waals surface area contributed by atoms with Crippen LogP contribution in [0.5, 0.6) is 0 Å². The Kier molecular flexibility index (Phi) is 4.65. The summed E-state index contributed by atoms with van der Waals surface area (Å²) in [4.78, 5) is 16.4. The number of pyridine rings is 1. The molecule has 2 aromatic heterocycles. The maximum absolute atomic E-state index is 13.1. The standard InChI is InChI=1S/C16H12FIN4O/c17-11-4-5-13(14(18)9-11)16(23)20-15-6-8-22(21-15)10-12-3-1-2-7-19-12/h1-9H,10H2,(H,20,21,23). The number of rotatable bonds is 4. The molecule has 23 heavy (non-hydrogen) atoms. The summed E-state index contributed by atoms with van der Waals surface area (Å²) in [5.41, 5.74) is 1.29. The van der Waals surface area contributed by atoms with Crippen molar-refractivity contribution in [1.82, 2.24) is 14.8 Å². The first-order valence-electron chi connectivity index (χ1n) is 6.81. The molecule has 5 nitrogen and oxygen atoms in total. The predicted molar refractivity (Wildman–Crippen MR) is 92.6 cm³/mol. The number of hydrogen-bond acceptors (Lipinski definition) is 3. The normalized spacial score (nSPS) is 10.5. The van der Waals surface area contributed by atoms with Gasteiger partial charge in [0.05, 0.1) is 17.8 Å². The average molecular weight is 422 g/mol. The van der Waals surface area contributed by atoms with Crippen molar-refractivity contribution in [3.63, 3.8) is 0 Å². The second-order valence-corrected chi connectivity index (χ2v) is 5.96. The maximum Gasteiger partial charge on any atom is 0.257 e. The van der Waals surface area contributed by atoms with E-state index in [0.717, 1.165) is 5.69 Å². The van der Waals surface area contributed by atoms with E-state index in [0.29, 0.717) is 21.5 Å². The highest BCUT2D eigenvalue weighted by molar-refractivity contribution is 14.1. The van der Waals surface area contributed by atoms with E-state index in [1.807, 2.05) is 40.8 Å². The minimum Gasteiger partial charge on any atom is -0.305 e. The van der Waals surface area contributed by atoms with Crippen molar-refractivity contribution in [1.29, 1.82) is 0 Å². The molecule has 3 aromatic rings. The van der Waals surface area contributed by atoms with E-state index in [4.69, 9.17) is 0 Å². The Morgan fingerprint density at radius 1 is 1.26 bits per heavy atom.